The van der Waals surface area contributed by atoms with Crippen LogP contribution in [-0.2, 0) is 23.7 Å². The highest BCUT2D eigenvalue weighted by atomic mass is 16.8. The topological polar surface area (TPSA) is 187 Å². The van der Waals surface area contributed by atoms with Crippen molar-refractivity contribution in [2.75, 3.05) is 20.3 Å². The second-order valence-electron chi connectivity index (χ2n) is 6.52. The number of hydrogen-bond donors (Lipinski definition) is 7. The molecular weight excluding hydrogens is 370 g/mol. The number of amides is 1. The number of fused-ring (bicyclic) bond motifs is 1. The summed E-state index contributed by atoms with van der Waals surface area (Å²) in [6.45, 7) is 0.214. The van der Waals surface area contributed by atoms with Gasteiger partial charge in [-0.2, -0.15) is 0 Å². The summed E-state index contributed by atoms with van der Waals surface area (Å²) >= 11 is 0. The van der Waals surface area contributed by atoms with Gasteiger partial charge >= 0.3 is 0 Å². The first kappa shape index (κ1) is 22.4. The zero-order valence-corrected chi connectivity index (χ0v) is 14.9. The molecule has 1 amide bonds. The Bertz CT molecular complexity index is 492. The molecule has 27 heavy (non-hydrogen) atoms. The van der Waals surface area contributed by atoms with Crippen molar-refractivity contribution in [1.29, 1.82) is 0 Å². The van der Waals surface area contributed by atoms with E-state index in [4.69, 9.17) is 24.1 Å². The minimum absolute atomic E-state index is 0.125. The van der Waals surface area contributed by atoms with E-state index in [1.165, 1.54) is 7.11 Å². The second kappa shape index (κ2) is 9.52. The van der Waals surface area contributed by atoms with Crippen molar-refractivity contribution in [3.63, 3.8) is 0 Å². The molecule has 0 unspecified atom stereocenters. The van der Waals surface area contributed by atoms with Gasteiger partial charge in [0.2, 0.25) is 5.91 Å². The normalized spacial score (nSPS) is 38.4. The molecule has 12 nitrogen and oxygen atoms in total. The van der Waals surface area contributed by atoms with E-state index in [0.29, 0.717) is 0 Å². The monoisotopic (exact) mass is 397 g/mol. The Morgan fingerprint density at radius 1 is 1.19 bits per heavy atom. The molecule has 2 aliphatic heterocycles. The Labute approximate surface area is 155 Å². The van der Waals surface area contributed by atoms with Gasteiger partial charge in [-0.25, -0.2) is 0 Å². The number of aliphatic hydroxyl groups excluding tert-OH is 6. The predicted octanol–water partition coefficient (Wildman–Crippen LogP) is -4.60. The summed E-state index contributed by atoms with van der Waals surface area (Å²) in [5, 5.41) is 61.4. The van der Waals surface area contributed by atoms with Crippen LogP contribution in [0.1, 0.15) is 6.92 Å². The van der Waals surface area contributed by atoms with E-state index in [1.54, 1.807) is 0 Å². The Morgan fingerprint density at radius 2 is 1.85 bits per heavy atom. The van der Waals surface area contributed by atoms with E-state index in [1.807, 2.05) is 0 Å². The largest absolute Gasteiger partial charge is 0.394 e. The molecule has 2 fully saturated rings. The number of hydrogen-bond acceptors (Lipinski definition) is 11. The summed E-state index contributed by atoms with van der Waals surface area (Å²) in [6.07, 6.45) is -12.3. The lowest BCUT2D eigenvalue weighted by molar-refractivity contribution is -0.361. The first-order valence-corrected chi connectivity index (χ1v) is 8.44. The lowest BCUT2D eigenvalue weighted by Crippen LogP contribution is -2.67. The van der Waals surface area contributed by atoms with Crippen molar-refractivity contribution in [2.24, 2.45) is 0 Å². The van der Waals surface area contributed by atoms with Gasteiger partial charge < -0.3 is 54.9 Å². The minimum atomic E-state index is -1.81. The van der Waals surface area contributed by atoms with Crippen LogP contribution >= 0.6 is 0 Å². The molecule has 0 spiro atoms. The summed E-state index contributed by atoms with van der Waals surface area (Å²) < 4.78 is 21.4. The molecule has 2 heterocycles. The van der Waals surface area contributed by atoms with Gasteiger partial charge in [0.25, 0.3) is 0 Å². The molecule has 0 aliphatic carbocycles. The molecule has 0 saturated carbocycles. The molecule has 0 aromatic rings. The molecule has 0 aromatic heterocycles. The van der Waals surface area contributed by atoms with Gasteiger partial charge in [0.15, 0.2) is 12.6 Å². The van der Waals surface area contributed by atoms with Crippen molar-refractivity contribution in [2.45, 2.75) is 68.3 Å². The van der Waals surface area contributed by atoms with Crippen LogP contribution in [0, 0.1) is 0 Å². The summed E-state index contributed by atoms with van der Waals surface area (Å²) in [7, 11) is 1.30. The number of carbonyl (C=O) groups excluding carboxylic acids is 1. The molecule has 2 rings (SSSR count). The highest BCUT2D eigenvalue weighted by Gasteiger charge is 2.51. The van der Waals surface area contributed by atoms with E-state index in [9.17, 15) is 30.3 Å². The van der Waals surface area contributed by atoms with Crippen LogP contribution in [0.15, 0.2) is 0 Å². The molecule has 158 valence electrons. The van der Waals surface area contributed by atoms with Crippen LogP contribution in [0.25, 0.3) is 0 Å². The Hall–Kier alpha value is -0.930. The highest BCUT2D eigenvalue weighted by molar-refractivity contribution is 5.73. The first-order chi connectivity index (χ1) is 12.7. The first-order valence-electron chi connectivity index (χ1n) is 8.44. The van der Waals surface area contributed by atoms with E-state index < -0.39 is 73.9 Å². The van der Waals surface area contributed by atoms with Gasteiger partial charge in [-0.3, -0.25) is 4.79 Å². The molecular formula is C15H27NO11. The van der Waals surface area contributed by atoms with Crippen LogP contribution in [0.2, 0.25) is 0 Å². The summed E-state index contributed by atoms with van der Waals surface area (Å²) in [4.78, 5) is 11.5. The molecule has 0 bridgehead atoms. The summed E-state index contributed by atoms with van der Waals surface area (Å²) in [5.74, 6) is -0.584. The number of nitrogens with one attached hydrogen (secondary N) is 1. The summed E-state index contributed by atoms with van der Waals surface area (Å²) in [6, 6.07) is -1.34. The maximum atomic E-state index is 11.5. The third-order valence-corrected chi connectivity index (χ3v) is 4.55. The standard InChI is InChI=1S/C15H27NO11/c1-5(18)16-8(10(21)9(20)6(19)3-17)14-25-4-7-13(27-14)11(22)12(23)15(24-2)26-7/h6-15,17,19-23H,3-4H2,1-2H3,(H,16,18)/t6-,7-,8-,9-,10-,11-,12-,13-,14-,15+/m1/s1. The fraction of sp³-hybridized carbons (Fsp3) is 0.933. The lowest BCUT2D eigenvalue weighted by atomic mass is 9.96. The zero-order valence-electron chi connectivity index (χ0n) is 14.9. The molecule has 12 heteroatoms. The Morgan fingerprint density at radius 3 is 2.41 bits per heavy atom. The number of carbonyl (C=O) groups is 1. The molecule has 7 N–H and O–H groups in total. The zero-order chi connectivity index (χ0) is 20.3. The van der Waals surface area contributed by atoms with Crippen LogP contribution in [0.5, 0.6) is 0 Å². The van der Waals surface area contributed by atoms with Gasteiger partial charge in [0, 0.05) is 14.0 Å². The van der Waals surface area contributed by atoms with E-state index >= 15 is 0 Å². The molecule has 2 saturated heterocycles. The number of methoxy groups -OCH3 is 1. The Balaban J connectivity index is 2.15. The predicted molar refractivity (Wildman–Crippen MR) is 85.0 cm³/mol. The quantitative estimate of drug-likeness (QED) is 0.219. The number of aliphatic hydroxyl groups is 6. The number of ether oxygens (including phenoxy) is 4. The van der Waals surface area contributed by atoms with E-state index in [-0.39, 0.29) is 6.61 Å². The molecule has 2 aliphatic rings. The van der Waals surface area contributed by atoms with Crippen LogP contribution < -0.4 is 5.32 Å². The average Bonchev–Trinajstić information content (AvgIpc) is 2.66. The van der Waals surface area contributed by atoms with Gasteiger partial charge in [-0.15, -0.1) is 0 Å². The summed E-state index contributed by atoms with van der Waals surface area (Å²) in [5.41, 5.74) is 0. The van der Waals surface area contributed by atoms with E-state index in [2.05, 4.69) is 5.32 Å². The second-order valence-corrected chi connectivity index (χ2v) is 6.52. The van der Waals surface area contributed by atoms with Gasteiger partial charge in [-0.05, 0) is 0 Å². The van der Waals surface area contributed by atoms with Crippen molar-refractivity contribution in [3.05, 3.63) is 0 Å². The van der Waals surface area contributed by atoms with E-state index in [0.717, 1.165) is 6.92 Å². The molecule has 10 atom stereocenters. The van der Waals surface area contributed by atoms with Gasteiger partial charge in [0.05, 0.1) is 13.2 Å². The van der Waals surface area contributed by atoms with Crippen LogP contribution in [0.4, 0.5) is 0 Å². The van der Waals surface area contributed by atoms with Crippen molar-refractivity contribution < 1.29 is 54.4 Å². The Kier molecular flexibility index (Phi) is 7.88. The number of rotatable bonds is 7. The van der Waals surface area contributed by atoms with Crippen molar-refractivity contribution in [3.8, 4) is 0 Å². The van der Waals surface area contributed by atoms with Crippen molar-refractivity contribution in [1.82, 2.24) is 5.32 Å². The maximum absolute atomic E-state index is 11.5. The third-order valence-electron chi connectivity index (χ3n) is 4.55. The lowest BCUT2D eigenvalue weighted by Gasteiger charge is -2.47. The van der Waals surface area contributed by atoms with Crippen molar-refractivity contribution >= 4 is 5.91 Å². The fourth-order valence-electron chi connectivity index (χ4n) is 3.07. The molecule has 0 radical (unpaired) electrons. The molecule has 0 aromatic carbocycles. The van der Waals surface area contributed by atoms with Gasteiger partial charge in [-0.1, -0.05) is 0 Å². The highest BCUT2D eigenvalue weighted by Crippen LogP contribution is 2.30. The minimum Gasteiger partial charge on any atom is -0.394 e. The SMILES string of the molecule is CO[C@H]1O[C@@H]2CO[C@@H]([C@H](NC(C)=O)[C@@H](O)[C@H](O)[C@H](O)CO)O[C@H]2[C@H](O)[C@H]1O. The smallest absolute Gasteiger partial charge is 0.217 e. The van der Waals surface area contributed by atoms with Crippen LogP contribution in [-0.4, -0.2) is 118 Å². The van der Waals surface area contributed by atoms with Gasteiger partial charge in [0.1, 0.15) is 48.8 Å². The fourth-order valence-corrected chi connectivity index (χ4v) is 3.07. The van der Waals surface area contributed by atoms with Crippen LogP contribution in [0.3, 0.4) is 0 Å². The third kappa shape index (κ3) is 4.92. The average molecular weight is 397 g/mol. The maximum Gasteiger partial charge on any atom is 0.217 e.